The summed E-state index contributed by atoms with van der Waals surface area (Å²) in [5.74, 6) is 0. The van der Waals surface area contributed by atoms with Gasteiger partial charge < -0.3 is 5.11 Å². The van der Waals surface area contributed by atoms with Crippen LogP contribution in [0.1, 0.15) is 16.7 Å². The Labute approximate surface area is 245 Å². The molecule has 1 heterocycles. The molecule has 1 aliphatic rings. The fourth-order valence-corrected chi connectivity index (χ4v) is 7.92. The van der Waals surface area contributed by atoms with Crippen LogP contribution in [0, 0.1) is 0 Å². The first kappa shape index (κ1) is 23.8. The number of benzene rings is 6. The van der Waals surface area contributed by atoms with E-state index in [1.54, 1.807) is 0 Å². The summed E-state index contributed by atoms with van der Waals surface area (Å²) in [5, 5.41) is 15.8. The van der Waals surface area contributed by atoms with Gasteiger partial charge in [0.05, 0.1) is 0 Å². The minimum Gasteiger partial charge on any atom is -0.376 e. The van der Waals surface area contributed by atoms with Crippen LogP contribution in [-0.4, -0.2) is 5.11 Å². The minimum atomic E-state index is -1.39. The molecule has 0 spiro atoms. The zero-order chi connectivity index (χ0) is 26.8. The fourth-order valence-electron chi connectivity index (χ4n) is 6.42. The zero-order valence-electron chi connectivity index (χ0n) is 21.4. The van der Waals surface area contributed by atoms with Crippen molar-refractivity contribution in [2.75, 3.05) is 0 Å². The number of hydrogen-bond donors (Lipinski definition) is 1. The first-order chi connectivity index (χ1) is 19.6. The van der Waals surface area contributed by atoms with Crippen molar-refractivity contribution in [1.82, 2.24) is 0 Å². The third-order valence-corrected chi connectivity index (χ3v) is 9.83. The Morgan fingerprint density at radius 2 is 1.05 bits per heavy atom. The molecule has 1 unspecified atom stereocenters. The van der Waals surface area contributed by atoms with Crippen LogP contribution in [0.15, 0.2) is 138 Å². The lowest BCUT2D eigenvalue weighted by atomic mass is 9.75. The number of fused-ring (bicyclic) bond motifs is 8. The Balaban J connectivity index is 1.45. The Kier molecular flexibility index (Phi) is 5.36. The van der Waals surface area contributed by atoms with Crippen LogP contribution in [0.4, 0.5) is 0 Å². The van der Waals surface area contributed by atoms with E-state index in [1.807, 2.05) is 23.5 Å². The average Bonchev–Trinajstić information content (AvgIpc) is 3.35. The summed E-state index contributed by atoms with van der Waals surface area (Å²) >= 11 is 5.53. The van der Waals surface area contributed by atoms with Crippen LogP contribution in [-0.2, 0) is 5.60 Å². The van der Waals surface area contributed by atoms with Crippen molar-refractivity contribution < 1.29 is 5.11 Å². The van der Waals surface area contributed by atoms with Crippen molar-refractivity contribution in [1.29, 1.82) is 0 Å². The second-order valence-corrected chi connectivity index (χ2v) is 12.3. The van der Waals surface area contributed by atoms with E-state index in [4.69, 9.17) is 0 Å². The molecule has 1 aromatic heterocycles. The van der Waals surface area contributed by atoms with E-state index in [1.165, 1.54) is 20.2 Å². The molecule has 0 aliphatic heterocycles. The zero-order valence-corrected chi connectivity index (χ0v) is 23.8. The lowest BCUT2D eigenvalue weighted by Crippen LogP contribution is -2.30. The van der Waals surface area contributed by atoms with E-state index in [0.29, 0.717) is 0 Å². The first-order valence-corrected chi connectivity index (χ1v) is 15.0. The molecule has 0 saturated heterocycles. The molecule has 1 atom stereocenters. The van der Waals surface area contributed by atoms with Crippen molar-refractivity contribution in [3.63, 3.8) is 0 Å². The molecule has 0 amide bonds. The highest BCUT2D eigenvalue weighted by Crippen LogP contribution is 2.52. The largest absolute Gasteiger partial charge is 0.376 e. The molecule has 7 aromatic rings. The van der Waals surface area contributed by atoms with Crippen LogP contribution in [0.25, 0.3) is 53.6 Å². The molecule has 8 rings (SSSR count). The van der Waals surface area contributed by atoms with E-state index in [9.17, 15) is 5.11 Å². The first-order valence-electron chi connectivity index (χ1n) is 13.4. The average molecular weight is 596 g/mol. The number of halogens is 1. The van der Waals surface area contributed by atoms with Crippen molar-refractivity contribution in [2.45, 2.75) is 5.60 Å². The number of hydrogen-bond acceptors (Lipinski definition) is 2. The van der Waals surface area contributed by atoms with Crippen LogP contribution in [0.3, 0.4) is 0 Å². The van der Waals surface area contributed by atoms with Crippen LogP contribution < -0.4 is 0 Å². The maximum Gasteiger partial charge on any atom is 0.142 e. The van der Waals surface area contributed by atoms with Gasteiger partial charge in [-0.25, -0.2) is 0 Å². The molecule has 1 N–H and O–H groups in total. The molecule has 1 nitrogen and oxygen atoms in total. The summed E-state index contributed by atoms with van der Waals surface area (Å²) in [6, 6.07) is 46.6. The van der Waals surface area contributed by atoms with Gasteiger partial charge in [0.25, 0.3) is 0 Å². The lowest BCUT2D eigenvalue weighted by Gasteiger charge is -2.33. The van der Waals surface area contributed by atoms with Crippen molar-refractivity contribution in [3.05, 3.63) is 155 Å². The summed E-state index contributed by atoms with van der Waals surface area (Å²) in [5.41, 5.74) is 7.68. The van der Waals surface area contributed by atoms with Crippen LogP contribution >= 0.6 is 27.3 Å². The Morgan fingerprint density at radius 1 is 0.475 bits per heavy atom. The molecular weight excluding hydrogens is 572 g/mol. The van der Waals surface area contributed by atoms with Crippen molar-refractivity contribution in [3.8, 4) is 33.4 Å². The predicted molar refractivity (Wildman–Crippen MR) is 172 cm³/mol. The molecule has 1 aliphatic carbocycles. The number of aliphatic hydroxyl groups is 1. The maximum atomic E-state index is 13.3. The van der Waals surface area contributed by atoms with Gasteiger partial charge in [-0.15, -0.1) is 11.3 Å². The molecule has 190 valence electrons. The maximum absolute atomic E-state index is 13.3. The van der Waals surface area contributed by atoms with Crippen molar-refractivity contribution >= 4 is 47.4 Å². The summed E-state index contributed by atoms with van der Waals surface area (Å²) in [6.45, 7) is 0. The smallest absolute Gasteiger partial charge is 0.142 e. The number of thiophene rings is 1. The van der Waals surface area contributed by atoms with Crippen molar-refractivity contribution in [2.24, 2.45) is 0 Å². The molecule has 0 bridgehead atoms. The summed E-state index contributed by atoms with van der Waals surface area (Å²) in [6.07, 6.45) is 0. The molecule has 3 heteroatoms. The monoisotopic (exact) mass is 594 g/mol. The van der Waals surface area contributed by atoms with E-state index >= 15 is 0 Å². The van der Waals surface area contributed by atoms with E-state index < -0.39 is 5.60 Å². The highest BCUT2D eigenvalue weighted by molar-refractivity contribution is 9.10. The third-order valence-electron chi connectivity index (χ3n) is 8.20. The van der Waals surface area contributed by atoms with E-state index in [0.717, 1.165) is 54.5 Å². The van der Waals surface area contributed by atoms with Gasteiger partial charge in [0.2, 0.25) is 0 Å². The molecule has 0 fully saturated rings. The highest BCUT2D eigenvalue weighted by atomic mass is 79.9. The standard InChI is InChI=1S/C37H23BrOS/c38-24-18-20-29-27-11-2-1-10-26(27)28-12-4-7-15-33(28)37(39,34(29)22-24)32-14-6-3-9-25(32)23-17-19-31-30-13-5-8-16-35(30)40-36(31)21-23/h1-22,39H. The predicted octanol–water partition coefficient (Wildman–Crippen LogP) is 10.4. The van der Waals surface area contributed by atoms with Gasteiger partial charge in [0, 0.05) is 41.3 Å². The topological polar surface area (TPSA) is 20.2 Å². The molecular formula is C37H23BrOS. The van der Waals surface area contributed by atoms with Gasteiger partial charge in [-0.3, -0.25) is 0 Å². The van der Waals surface area contributed by atoms with Gasteiger partial charge in [-0.1, -0.05) is 125 Å². The van der Waals surface area contributed by atoms with Gasteiger partial charge in [0.15, 0.2) is 0 Å². The van der Waals surface area contributed by atoms with Gasteiger partial charge in [0.1, 0.15) is 5.60 Å². The summed E-state index contributed by atoms with van der Waals surface area (Å²) in [7, 11) is 0. The number of rotatable bonds is 2. The molecule has 0 saturated carbocycles. The van der Waals surface area contributed by atoms with Gasteiger partial charge in [-0.2, -0.15) is 0 Å². The molecule has 0 radical (unpaired) electrons. The SMILES string of the molecule is OC1(c2ccccc2-c2ccc3c(c2)sc2ccccc23)c2ccccc2-c2ccccc2-c2ccc(Br)cc21. The van der Waals surface area contributed by atoms with Gasteiger partial charge in [-0.05, 0) is 57.6 Å². The normalized spacial score (nSPS) is 15.8. The summed E-state index contributed by atoms with van der Waals surface area (Å²) in [4.78, 5) is 0. The Hall–Kier alpha value is -4.02. The Morgan fingerprint density at radius 3 is 1.82 bits per heavy atom. The van der Waals surface area contributed by atoms with E-state index in [2.05, 4.69) is 137 Å². The second-order valence-electron chi connectivity index (χ2n) is 10.3. The third kappa shape index (κ3) is 3.42. The second kappa shape index (κ2) is 9.00. The highest BCUT2D eigenvalue weighted by Gasteiger charge is 2.42. The lowest BCUT2D eigenvalue weighted by molar-refractivity contribution is 0.127. The summed E-state index contributed by atoms with van der Waals surface area (Å²) < 4.78 is 3.47. The minimum absolute atomic E-state index is 0.870. The van der Waals surface area contributed by atoms with E-state index in [-0.39, 0.29) is 0 Å². The van der Waals surface area contributed by atoms with Crippen LogP contribution in [0.5, 0.6) is 0 Å². The molecule has 40 heavy (non-hydrogen) atoms. The fraction of sp³-hybridized carbons (Fsp3) is 0.0270. The van der Waals surface area contributed by atoms with Gasteiger partial charge >= 0.3 is 0 Å². The molecule has 6 aromatic carbocycles. The van der Waals surface area contributed by atoms with Crippen LogP contribution in [0.2, 0.25) is 0 Å². The Bertz CT molecular complexity index is 2110. The quantitative estimate of drug-likeness (QED) is 0.211.